The molecule has 0 bridgehead atoms. The molecule has 0 aliphatic carbocycles. The lowest BCUT2D eigenvalue weighted by molar-refractivity contribution is -0.151. The predicted octanol–water partition coefficient (Wildman–Crippen LogP) is 3.81. The molecule has 0 saturated heterocycles. The van der Waals surface area contributed by atoms with Crippen LogP contribution in [0.1, 0.15) is 11.4 Å². The molecule has 2 aromatic carbocycles. The molecule has 3 rings (SSSR count). The van der Waals surface area contributed by atoms with Crippen LogP contribution in [0.15, 0.2) is 48.5 Å². The molecule has 0 aliphatic heterocycles. The molecule has 136 valence electrons. The van der Waals surface area contributed by atoms with Gasteiger partial charge in [-0.1, -0.05) is 24.3 Å². The fraction of sp³-hybridized carbons (Fsp3) is 0.222. The van der Waals surface area contributed by atoms with Gasteiger partial charge in [0.2, 0.25) is 5.82 Å². The molecule has 0 atom stereocenters. The molecule has 8 heteroatoms. The largest absolute Gasteiger partial charge is 0.497 e. The predicted molar refractivity (Wildman–Crippen MR) is 87.5 cm³/mol. The van der Waals surface area contributed by atoms with Crippen molar-refractivity contribution in [2.75, 3.05) is 7.11 Å². The van der Waals surface area contributed by atoms with Gasteiger partial charge in [0.05, 0.1) is 18.1 Å². The van der Waals surface area contributed by atoms with Gasteiger partial charge in [-0.25, -0.2) is 4.98 Å². The Morgan fingerprint density at radius 3 is 2.46 bits per heavy atom. The number of nitrogens with zero attached hydrogens (tertiary/aromatic N) is 2. The van der Waals surface area contributed by atoms with Crippen LogP contribution >= 0.6 is 0 Å². The summed E-state index contributed by atoms with van der Waals surface area (Å²) in [5.41, 5.74) is 1.09. The van der Waals surface area contributed by atoms with Gasteiger partial charge in [0.15, 0.2) is 0 Å². The molecule has 0 aliphatic rings. The Labute approximate surface area is 147 Å². The molecule has 0 saturated carbocycles. The lowest BCUT2D eigenvalue weighted by Gasteiger charge is -2.11. The fourth-order valence-electron chi connectivity index (χ4n) is 2.51. The number of aromatic nitrogens is 2. The van der Waals surface area contributed by atoms with E-state index in [4.69, 9.17) is 9.47 Å². The summed E-state index contributed by atoms with van der Waals surface area (Å²) >= 11 is 0. The highest BCUT2D eigenvalue weighted by atomic mass is 19.4. The van der Waals surface area contributed by atoms with E-state index in [0.29, 0.717) is 11.3 Å². The van der Waals surface area contributed by atoms with E-state index in [-0.39, 0.29) is 17.6 Å². The van der Waals surface area contributed by atoms with E-state index in [1.165, 1.54) is 19.2 Å². The highest BCUT2D eigenvalue weighted by Crippen LogP contribution is 2.31. The number of esters is 1. The molecule has 0 fully saturated rings. The second kappa shape index (κ2) is 7.07. The zero-order valence-corrected chi connectivity index (χ0v) is 13.8. The Morgan fingerprint density at radius 1 is 1.12 bits per heavy atom. The van der Waals surface area contributed by atoms with Crippen LogP contribution in [0.5, 0.6) is 5.75 Å². The van der Waals surface area contributed by atoms with Crippen LogP contribution in [-0.2, 0) is 28.9 Å². The maximum absolute atomic E-state index is 13.2. The van der Waals surface area contributed by atoms with E-state index in [9.17, 15) is 18.0 Å². The van der Waals surface area contributed by atoms with Crippen molar-refractivity contribution in [3.8, 4) is 5.75 Å². The number of methoxy groups -OCH3 is 1. The second-order valence-corrected chi connectivity index (χ2v) is 5.52. The van der Waals surface area contributed by atoms with Gasteiger partial charge in [-0.15, -0.1) is 0 Å². The number of alkyl halides is 3. The summed E-state index contributed by atoms with van der Waals surface area (Å²) in [6.45, 7) is -0.623. The topological polar surface area (TPSA) is 53.4 Å². The number of imidazole rings is 1. The summed E-state index contributed by atoms with van der Waals surface area (Å²) in [4.78, 5) is 15.7. The molecule has 0 N–H and O–H groups in total. The van der Waals surface area contributed by atoms with Gasteiger partial charge in [-0.3, -0.25) is 4.79 Å². The Balaban J connectivity index is 1.76. The maximum Gasteiger partial charge on any atom is 0.449 e. The Kier molecular flexibility index (Phi) is 4.83. The maximum atomic E-state index is 13.2. The zero-order valence-electron chi connectivity index (χ0n) is 13.8. The van der Waals surface area contributed by atoms with Crippen LogP contribution in [0.3, 0.4) is 0 Å². The highest BCUT2D eigenvalue weighted by Gasteiger charge is 2.38. The molecule has 3 aromatic rings. The summed E-state index contributed by atoms with van der Waals surface area (Å²) in [6, 6.07) is 12.9. The first-order valence-electron chi connectivity index (χ1n) is 7.69. The molecule has 0 spiro atoms. The van der Waals surface area contributed by atoms with Gasteiger partial charge >= 0.3 is 12.1 Å². The van der Waals surface area contributed by atoms with Gasteiger partial charge in [0, 0.05) is 0 Å². The van der Waals surface area contributed by atoms with Crippen molar-refractivity contribution in [1.82, 2.24) is 9.55 Å². The molecular weight excluding hydrogens is 349 g/mol. The van der Waals surface area contributed by atoms with Crippen LogP contribution < -0.4 is 4.74 Å². The molecule has 0 unspecified atom stereocenters. The van der Waals surface area contributed by atoms with E-state index in [0.717, 1.165) is 4.57 Å². The lowest BCUT2D eigenvalue weighted by atomic mass is 10.2. The Bertz CT molecular complexity index is 918. The SMILES string of the molecule is COc1ccc(COC(=O)Cn2c(C(F)(F)F)nc3ccccc32)cc1. The van der Waals surface area contributed by atoms with Gasteiger partial charge in [0.1, 0.15) is 18.9 Å². The van der Waals surface area contributed by atoms with Crippen molar-refractivity contribution in [1.29, 1.82) is 0 Å². The summed E-state index contributed by atoms with van der Waals surface area (Å²) < 4.78 is 50.6. The van der Waals surface area contributed by atoms with Crippen LogP contribution in [0.4, 0.5) is 13.2 Å². The van der Waals surface area contributed by atoms with E-state index in [2.05, 4.69) is 4.98 Å². The van der Waals surface area contributed by atoms with E-state index in [1.54, 1.807) is 36.4 Å². The molecule has 0 radical (unpaired) electrons. The van der Waals surface area contributed by atoms with Crippen LogP contribution in [0.25, 0.3) is 11.0 Å². The average molecular weight is 364 g/mol. The third kappa shape index (κ3) is 3.79. The number of benzene rings is 2. The van der Waals surface area contributed by atoms with Gasteiger partial charge in [-0.2, -0.15) is 13.2 Å². The van der Waals surface area contributed by atoms with Crippen molar-refractivity contribution >= 4 is 17.0 Å². The van der Waals surface area contributed by atoms with Crippen molar-refractivity contribution in [2.24, 2.45) is 0 Å². The molecule has 5 nitrogen and oxygen atoms in total. The molecule has 1 aromatic heterocycles. The first kappa shape index (κ1) is 17.8. The molecule has 0 amide bonds. The zero-order chi connectivity index (χ0) is 18.7. The summed E-state index contributed by atoms with van der Waals surface area (Å²) in [7, 11) is 1.53. The van der Waals surface area contributed by atoms with Crippen LogP contribution in [0, 0.1) is 0 Å². The van der Waals surface area contributed by atoms with E-state index >= 15 is 0 Å². The number of hydrogen-bond acceptors (Lipinski definition) is 4. The van der Waals surface area contributed by atoms with Crippen LogP contribution in [0.2, 0.25) is 0 Å². The van der Waals surface area contributed by atoms with Crippen molar-refractivity contribution in [2.45, 2.75) is 19.3 Å². The third-order valence-electron chi connectivity index (χ3n) is 3.75. The minimum atomic E-state index is -4.67. The number of carbonyl (C=O) groups excluding carboxylic acids is 1. The number of ether oxygens (including phenoxy) is 2. The molecule has 1 heterocycles. The molecule has 26 heavy (non-hydrogen) atoms. The monoisotopic (exact) mass is 364 g/mol. The fourth-order valence-corrected chi connectivity index (χ4v) is 2.51. The molecular formula is C18H15F3N2O3. The number of rotatable bonds is 5. The van der Waals surface area contributed by atoms with Crippen molar-refractivity contribution in [3.05, 3.63) is 59.9 Å². The van der Waals surface area contributed by atoms with Crippen molar-refractivity contribution in [3.63, 3.8) is 0 Å². The Hall–Kier alpha value is -3.03. The van der Waals surface area contributed by atoms with Crippen molar-refractivity contribution < 1.29 is 27.4 Å². The van der Waals surface area contributed by atoms with Gasteiger partial charge < -0.3 is 14.0 Å². The van der Waals surface area contributed by atoms with Gasteiger partial charge in [-0.05, 0) is 29.8 Å². The highest BCUT2D eigenvalue weighted by molar-refractivity contribution is 5.79. The quantitative estimate of drug-likeness (QED) is 0.646. The standard InChI is InChI=1S/C18H15F3N2O3/c1-25-13-8-6-12(7-9-13)11-26-16(24)10-23-15-5-3-2-4-14(15)22-17(23)18(19,20)21/h2-9H,10-11H2,1H3. The minimum Gasteiger partial charge on any atom is -0.497 e. The van der Waals surface area contributed by atoms with Crippen LogP contribution in [-0.4, -0.2) is 22.6 Å². The number of fused-ring (bicyclic) bond motifs is 1. The Morgan fingerprint density at radius 2 is 1.81 bits per heavy atom. The summed E-state index contributed by atoms with van der Waals surface area (Å²) in [6.07, 6.45) is -4.67. The van der Waals surface area contributed by atoms with Gasteiger partial charge in [0.25, 0.3) is 0 Å². The normalized spacial score (nSPS) is 11.5. The average Bonchev–Trinajstić information content (AvgIpc) is 2.99. The summed E-state index contributed by atoms with van der Waals surface area (Å²) in [5, 5.41) is 0. The first-order valence-corrected chi connectivity index (χ1v) is 7.69. The number of hydrogen-bond donors (Lipinski definition) is 0. The smallest absolute Gasteiger partial charge is 0.449 e. The minimum absolute atomic E-state index is 0.0448. The lowest BCUT2D eigenvalue weighted by Crippen LogP contribution is -2.20. The number of para-hydroxylation sites is 2. The van der Waals surface area contributed by atoms with E-state index < -0.39 is 24.5 Å². The van der Waals surface area contributed by atoms with E-state index in [1.807, 2.05) is 0 Å². The second-order valence-electron chi connectivity index (χ2n) is 5.52. The first-order chi connectivity index (χ1) is 12.4. The number of halogens is 3. The summed E-state index contributed by atoms with van der Waals surface area (Å²) in [5.74, 6) is -1.26. The third-order valence-corrected chi connectivity index (χ3v) is 3.75. The number of carbonyl (C=O) groups is 1.